The monoisotopic (exact) mass is 268 g/mol. The maximum Gasteiger partial charge on any atom is 0.289 e. The molecule has 0 aliphatic rings. The zero-order valence-electron chi connectivity index (χ0n) is 11.6. The van der Waals surface area contributed by atoms with E-state index in [1.807, 2.05) is 13.8 Å². The van der Waals surface area contributed by atoms with E-state index in [0.717, 1.165) is 0 Å². The van der Waals surface area contributed by atoms with Crippen molar-refractivity contribution in [1.29, 1.82) is 0 Å². The van der Waals surface area contributed by atoms with Crippen LogP contribution in [-0.2, 0) is 4.79 Å². The summed E-state index contributed by atoms with van der Waals surface area (Å²) in [6.07, 6.45) is 0.548. The van der Waals surface area contributed by atoms with Gasteiger partial charge < -0.3 is 16.0 Å². The number of hydrogen-bond donors (Lipinski definition) is 3. The van der Waals surface area contributed by atoms with Crippen molar-refractivity contribution in [2.75, 3.05) is 19.8 Å². The summed E-state index contributed by atoms with van der Waals surface area (Å²) >= 11 is 0. The predicted molar refractivity (Wildman–Crippen MR) is 70.2 cm³/mol. The van der Waals surface area contributed by atoms with Crippen molar-refractivity contribution in [1.82, 2.24) is 25.4 Å². The molecule has 8 heteroatoms. The van der Waals surface area contributed by atoms with Crippen LogP contribution >= 0.6 is 0 Å². The number of anilines is 1. The second-order valence-electron chi connectivity index (χ2n) is 4.93. The van der Waals surface area contributed by atoms with Crippen LogP contribution in [0.15, 0.2) is 0 Å². The molecule has 0 bridgehead atoms. The number of aromatic nitrogens is 3. The second kappa shape index (κ2) is 6.17. The Morgan fingerprint density at radius 1 is 1.42 bits per heavy atom. The first-order chi connectivity index (χ1) is 8.81. The number of rotatable bonds is 5. The highest BCUT2D eigenvalue weighted by Crippen LogP contribution is 2.07. The van der Waals surface area contributed by atoms with Gasteiger partial charge in [-0.3, -0.25) is 14.7 Å². The Morgan fingerprint density at radius 3 is 2.47 bits per heavy atom. The van der Waals surface area contributed by atoms with Gasteiger partial charge in [-0.2, -0.15) is 4.98 Å². The van der Waals surface area contributed by atoms with Crippen LogP contribution in [0.4, 0.5) is 5.95 Å². The fourth-order valence-corrected chi connectivity index (χ4v) is 1.61. The number of nitrogens with two attached hydrogens (primary N) is 1. The van der Waals surface area contributed by atoms with Crippen LogP contribution in [0.2, 0.25) is 0 Å². The smallest absolute Gasteiger partial charge is 0.289 e. The van der Waals surface area contributed by atoms with E-state index in [2.05, 4.69) is 20.5 Å². The molecule has 1 rings (SSSR count). The number of nitrogen functional groups attached to an aromatic ring is 1. The van der Waals surface area contributed by atoms with Gasteiger partial charge in [0.2, 0.25) is 17.7 Å². The zero-order valence-corrected chi connectivity index (χ0v) is 11.6. The summed E-state index contributed by atoms with van der Waals surface area (Å²) in [7, 11) is 3.29. The largest absolute Gasteiger partial charge is 0.366 e. The molecule has 1 aromatic rings. The molecule has 0 aliphatic heterocycles. The molecular formula is C11H20N6O2. The first kappa shape index (κ1) is 14.9. The SMILES string of the molecule is CC(C)CC(NC(=O)c1nc(N)n[nH]1)C(=O)N(C)C. The van der Waals surface area contributed by atoms with Crippen LogP contribution in [0.25, 0.3) is 0 Å². The van der Waals surface area contributed by atoms with E-state index in [4.69, 9.17) is 5.73 Å². The van der Waals surface area contributed by atoms with Crippen molar-refractivity contribution >= 4 is 17.8 Å². The van der Waals surface area contributed by atoms with E-state index >= 15 is 0 Å². The van der Waals surface area contributed by atoms with E-state index in [-0.39, 0.29) is 23.6 Å². The molecule has 0 spiro atoms. The van der Waals surface area contributed by atoms with Gasteiger partial charge in [0.25, 0.3) is 5.91 Å². The van der Waals surface area contributed by atoms with Crippen LogP contribution < -0.4 is 11.1 Å². The summed E-state index contributed by atoms with van der Waals surface area (Å²) in [5.74, 6) is -0.393. The molecule has 1 heterocycles. The Balaban J connectivity index is 2.77. The van der Waals surface area contributed by atoms with Crippen molar-refractivity contribution in [3.8, 4) is 0 Å². The van der Waals surface area contributed by atoms with Gasteiger partial charge in [0.1, 0.15) is 6.04 Å². The van der Waals surface area contributed by atoms with Gasteiger partial charge in [0.15, 0.2) is 0 Å². The first-order valence-corrected chi connectivity index (χ1v) is 6.01. The molecule has 0 saturated carbocycles. The Morgan fingerprint density at radius 2 is 2.05 bits per heavy atom. The van der Waals surface area contributed by atoms with Gasteiger partial charge in [-0.15, -0.1) is 5.10 Å². The van der Waals surface area contributed by atoms with Gasteiger partial charge in [0.05, 0.1) is 0 Å². The number of likely N-dealkylation sites (N-methyl/N-ethyl adjacent to an activating group) is 1. The molecule has 106 valence electrons. The predicted octanol–water partition coefficient (Wildman–Crippen LogP) is -0.380. The quantitative estimate of drug-likeness (QED) is 0.673. The molecule has 4 N–H and O–H groups in total. The van der Waals surface area contributed by atoms with Crippen LogP contribution in [0.3, 0.4) is 0 Å². The summed E-state index contributed by atoms with van der Waals surface area (Å²) < 4.78 is 0. The standard InChI is InChI=1S/C11H20N6O2/c1-6(2)5-7(10(19)17(3)4)13-9(18)8-14-11(12)16-15-8/h6-7H,5H2,1-4H3,(H,13,18)(H3,12,14,15,16). The number of carbonyl (C=O) groups excluding carboxylic acids is 2. The number of aromatic amines is 1. The maximum absolute atomic E-state index is 12.0. The molecule has 1 atom stereocenters. The summed E-state index contributed by atoms with van der Waals surface area (Å²) in [4.78, 5) is 29.1. The lowest BCUT2D eigenvalue weighted by molar-refractivity contribution is -0.131. The maximum atomic E-state index is 12.0. The summed E-state index contributed by atoms with van der Waals surface area (Å²) in [6.45, 7) is 3.96. The second-order valence-corrected chi connectivity index (χ2v) is 4.93. The number of nitrogens with zero attached hydrogens (tertiary/aromatic N) is 3. The van der Waals surface area contributed by atoms with Crippen molar-refractivity contribution < 1.29 is 9.59 Å². The lowest BCUT2D eigenvalue weighted by Gasteiger charge is -2.22. The molecule has 0 radical (unpaired) electrons. The number of H-pyrrole nitrogens is 1. The van der Waals surface area contributed by atoms with Crippen LogP contribution in [0, 0.1) is 5.92 Å². The third-order valence-corrected chi connectivity index (χ3v) is 2.47. The zero-order chi connectivity index (χ0) is 14.6. The lowest BCUT2D eigenvalue weighted by Crippen LogP contribution is -2.47. The summed E-state index contributed by atoms with van der Waals surface area (Å²) in [6, 6.07) is -0.589. The minimum atomic E-state index is -0.589. The number of nitrogens with one attached hydrogen (secondary N) is 2. The Kier molecular flexibility index (Phi) is 4.85. The highest BCUT2D eigenvalue weighted by Gasteiger charge is 2.25. The van der Waals surface area contributed by atoms with E-state index in [9.17, 15) is 9.59 Å². The Hall–Kier alpha value is -2.12. The van der Waals surface area contributed by atoms with Crippen molar-refractivity contribution in [2.24, 2.45) is 5.92 Å². The molecule has 0 fully saturated rings. The minimum Gasteiger partial charge on any atom is -0.366 e. The molecule has 8 nitrogen and oxygen atoms in total. The molecule has 1 aromatic heterocycles. The van der Waals surface area contributed by atoms with Crippen molar-refractivity contribution in [3.63, 3.8) is 0 Å². The molecule has 19 heavy (non-hydrogen) atoms. The van der Waals surface area contributed by atoms with Gasteiger partial charge in [-0.05, 0) is 12.3 Å². The fraction of sp³-hybridized carbons (Fsp3) is 0.636. The Bertz CT molecular complexity index is 454. The average Bonchev–Trinajstić information content (AvgIpc) is 2.73. The fourth-order valence-electron chi connectivity index (χ4n) is 1.61. The molecule has 0 saturated heterocycles. The van der Waals surface area contributed by atoms with E-state index in [1.165, 1.54) is 4.90 Å². The Labute approximate surface area is 111 Å². The molecule has 0 aliphatic carbocycles. The third-order valence-electron chi connectivity index (χ3n) is 2.47. The molecule has 2 amide bonds. The van der Waals surface area contributed by atoms with Crippen LogP contribution in [-0.4, -0.2) is 52.0 Å². The average molecular weight is 268 g/mol. The number of hydrogen-bond acceptors (Lipinski definition) is 5. The van der Waals surface area contributed by atoms with E-state index in [0.29, 0.717) is 6.42 Å². The number of amides is 2. The lowest BCUT2D eigenvalue weighted by atomic mass is 10.0. The molecular weight excluding hydrogens is 248 g/mol. The van der Waals surface area contributed by atoms with Crippen molar-refractivity contribution in [3.05, 3.63) is 5.82 Å². The van der Waals surface area contributed by atoms with Crippen LogP contribution in [0.5, 0.6) is 0 Å². The van der Waals surface area contributed by atoms with E-state index < -0.39 is 11.9 Å². The third kappa shape index (κ3) is 4.23. The summed E-state index contributed by atoms with van der Waals surface area (Å²) in [5, 5.41) is 8.62. The van der Waals surface area contributed by atoms with Gasteiger partial charge in [-0.25, -0.2) is 0 Å². The summed E-state index contributed by atoms with van der Waals surface area (Å²) in [5.41, 5.74) is 5.33. The molecule has 1 unspecified atom stereocenters. The highest BCUT2D eigenvalue weighted by molar-refractivity contribution is 5.94. The van der Waals surface area contributed by atoms with Gasteiger partial charge >= 0.3 is 0 Å². The normalized spacial score (nSPS) is 12.3. The van der Waals surface area contributed by atoms with Gasteiger partial charge in [0, 0.05) is 14.1 Å². The topological polar surface area (TPSA) is 117 Å². The minimum absolute atomic E-state index is 0.00203. The highest BCUT2D eigenvalue weighted by atomic mass is 16.2. The van der Waals surface area contributed by atoms with Crippen LogP contribution in [0.1, 0.15) is 30.9 Å². The first-order valence-electron chi connectivity index (χ1n) is 6.01. The van der Waals surface area contributed by atoms with E-state index in [1.54, 1.807) is 14.1 Å². The number of carbonyl (C=O) groups is 2. The molecule has 0 aromatic carbocycles. The van der Waals surface area contributed by atoms with Gasteiger partial charge in [-0.1, -0.05) is 13.8 Å². The van der Waals surface area contributed by atoms with Crippen molar-refractivity contribution in [2.45, 2.75) is 26.3 Å².